The van der Waals surface area contributed by atoms with Crippen LogP contribution in [0.1, 0.15) is 11.9 Å². The molecule has 0 amide bonds. The lowest BCUT2D eigenvalue weighted by Gasteiger charge is -2.08. The summed E-state index contributed by atoms with van der Waals surface area (Å²) in [5, 5.41) is 35.2. The van der Waals surface area contributed by atoms with Crippen LogP contribution in [0.4, 0.5) is 0 Å². The van der Waals surface area contributed by atoms with Gasteiger partial charge in [0.05, 0.1) is 18.5 Å². The molecule has 0 aliphatic rings. The molecular formula is C7H7N3O3. The SMILES string of the molecule is N#CC(O)C(O)c1ncc(O)cn1. The minimum Gasteiger partial charge on any atom is -0.505 e. The van der Waals surface area contributed by atoms with Crippen LogP contribution in [0.3, 0.4) is 0 Å². The quantitative estimate of drug-likeness (QED) is 0.510. The Hall–Kier alpha value is -1.71. The Bertz CT molecular complexity index is 319. The molecule has 1 heterocycles. The lowest BCUT2D eigenvalue weighted by atomic mass is 10.2. The van der Waals surface area contributed by atoms with E-state index in [1.165, 1.54) is 6.07 Å². The third kappa shape index (κ3) is 2.11. The molecule has 3 N–H and O–H groups in total. The number of hydrogen-bond acceptors (Lipinski definition) is 6. The van der Waals surface area contributed by atoms with Crippen LogP contribution in [0.2, 0.25) is 0 Å². The van der Waals surface area contributed by atoms with Crippen molar-refractivity contribution in [2.24, 2.45) is 0 Å². The molecule has 1 aromatic rings. The first kappa shape index (κ1) is 9.38. The lowest BCUT2D eigenvalue weighted by molar-refractivity contribution is 0.0466. The molecular weight excluding hydrogens is 174 g/mol. The van der Waals surface area contributed by atoms with E-state index in [9.17, 15) is 5.11 Å². The second kappa shape index (κ2) is 3.80. The summed E-state index contributed by atoms with van der Waals surface area (Å²) in [6, 6.07) is 1.44. The Kier molecular flexibility index (Phi) is 2.74. The van der Waals surface area contributed by atoms with Crippen LogP contribution in [0.15, 0.2) is 12.4 Å². The molecule has 0 radical (unpaired) electrons. The number of nitriles is 1. The maximum absolute atomic E-state index is 9.20. The summed E-state index contributed by atoms with van der Waals surface area (Å²) in [5.74, 6) is -0.255. The number of aromatic hydroxyl groups is 1. The average Bonchev–Trinajstić information content (AvgIpc) is 2.17. The predicted octanol–water partition coefficient (Wildman–Crippen LogP) is -0.900. The van der Waals surface area contributed by atoms with Crippen molar-refractivity contribution in [2.75, 3.05) is 0 Å². The molecule has 2 unspecified atom stereocenters. The molecule has 0 bridgehead atoms. The Morgan fingerprint density at radius 2 is 1.85 bits per heavy atom. The first-order valence-corrected chi connectivity index (χ1v) is 3.42. The van der Waals surface area contributed by atoms with Gasteiger partial charge >= 0.3 is 0 Å². The van der Waals surface area contributed by atoms with Gasteiger partial charge in [-0.25, -0.2) is 9.97 Å². The second-order valence-electron chi connectivity index (χ2n) is 2.32. The van der Waals surface area contributed by atoms with Gasteiger partial charge in [-0.05, 0) is 0 Å². The Morgan fingerprint density at radius 1 is 1.31 bits per heavy atom. The minimum absolute atomic E-state index is 0.105. The normalized spacial score (nSPS) is 14.5. The van der Waals surface area contributed by atoms with Gasteiger partial charge in [0.25, 0.3) is 0 Å². The number of aromatic nitrogens is 2. The molecule has 6 nitrogen and oxygen atoms in total. The Balaban J connectivity index is 2.84. The summed E-state index contributed by atoms with van der Waals surface area (Å²) in [7, 11) is 0. The van der Waals surface area contributed by atoms with Crippen molar-refractivity contribution in [1.29, 1.82) is 5.26 Å². The van der Waals surface area contributed by atoms with E-state index >= 15 is 0 Å². The zero-order chi connectivity index (χ0) is 9.84. The highest BCUT2D eigenvalue weighted by molar-refractivity contribution is 5.11. The average molecular weight is 181 g/mol. The molecule has 0 aromatic carbocycles. The molecule has 0 aliphatic carbocycles. The van der Waals surface area contributed by atoms with Gasteiger partial charge in [-0.3, -0.25) is 0 Å². The highest BCUT2D eigenvalue weighted by Crippen LogP contribution is 2.12. The van der Waals surface area contributed by atoms with Crippen molar-refractivity contribution < 1.29 is 15.3 Å². The number of hydrogen-bond donors (Lipinski definition) is 3. The molecule has 0 aliphatic heterocycles. The van der Waals surface area contributed by atoms with Crippen molar-refractivity contribution >= 4 is 0 Å². The summed E-state index contributed by atoms with van der Waals surface area (Å²) in [5.41, 5.74) is 0. The van der Waals surface area contributed by atoms with Crippen molar-refractivity contribution in [2.45, 2.75) is 12.2 Å². The van der Waals surface area contributed by atoms with Crippen LogP contribution in [0.25, 0.3) is 0 Å². The van der Waals surface area contributed by atoms with Gasteiger partial charge < -0.3 is 15.3 Å². The molecule has 0 fully saturated rings. The largest absolute Gasteiger partial charge is 0.505 e. The van der Waals surface area contributed by atoms with E-state index < -0.39 is 12.2 Å². The zero-order valence-corrected chi connectivity index (χ0v) is 6.49. The fraction of sp³-hybridized carbons (Fsp3) is 0.286. The van der Waals surface area contributed by atoms with Gasteiger partial charge in [-0.1, -0.05) is 0 Å². The van der Waals surface area contributed by atoms with Crippen LogP contribution in [-0.4, -0.2) is 31.4 Å². The van der Waals surface area contributed by atoms with E-state index in [4.69, 9.17) is 15.5 Å². The summed E-state index contributed by atoms with van der Waals surface area (Å²) >= 11 is 0. The van der Waals surface area contributed by atoms with Gasteiger partial charge in [-0.2, -0.15) is 5.26 Å². The summed E-state index contributed by atoms with van der Waals surface area (Å²) in [6.07, 6.45) is -0.888. The number of rotatable bonds is 2. The van der Waals surface area contributed by atoms with Gasteiger partial charge in [0.15, 0.2) is 23.8 Å². The van der Waals surface area contributed by atoms with E-state index in [0.29, 0.717) is 0 Å². The van der Waals surface area contributed by atoms with E-state index in [1.807, 2.05) is 0 Å². The van der Waals surface area contributed by atoms with Crippen LogP contribution < -0.4 is 0 Å². The second-order valence-corrected chi connectivity index (χ2v) is 2.32. The molecule has 1 rings (SSSR count). The predicted molar refractivity (Wildman–Crippen MR) is 40.3 cm³/mol. The third-order valence-electron chi connectivity index (χ3n) is 1.35. The fourth-order valence-electron chi connectivity index (χ4n) is 0.696. The summed E-state index contributed by atoms with van der Waals surface area (Å²) in [4.78, 5) is 7.05. The van der Waals surface area contributed by atoms with Crippen LogP contribution in [0, 0.1) is 11.3 Å². The maximum Gasteiger partial charge on any atom is 0.173 e. The van der Waals surface area contributed by atoms with Crippen LogP contribution >= 0.6 is 0 Å². The number of nitrogens with zero attached hydrogens (tertiary/aromatic N) is 3. The summed E-state index contributed by atoms with van der Waals surface area (Å²) < 4.78 is 0. The van der Waals surface area contributed by atoms with Crippen molar-refractivity contribution in [3.63, 3.8) is 0 Å². The van der Waals surface area contributed by atoms with Crippen molar-refractivity contribution in [1.82, 2.24) is 9.97 Å². The first-order valence-electron chi connectivity index (χ1n) is 3.42. The molecule has 6 heteroatoms. The van der Waals surface area contributed by atoms with Gasteiger partial charge in [-0.15, -0.1) is 0 Å². The first-order chi connectivity index (χ1) is 6.15. The highest BCUT2D eigenvalue weighted by atomic mass is 16.3. The number of aliphatic hydroxyl groups excluding tert-OH is 2. The Labute approximate surface area is 73.7 Å². The number of aliphatic hydroxyl groups is 2. The molecule has 0 spiro atoms. The molecule has 13 heavy (non-hydrogen) atoms. The minimum atomic E-state index is -1.57. The van der Waals surface area contributed by atoms with Crippen molar-refractivity contribution in [3.05, 3.63) is 18.2 Å². The van der Waals surface area contributed by atoms with E-state index in [-0.39, 0.29) is 11.6 Å². The monoisotopic (exact) mass is 181 g/mol. The van der Waals surface area contributed by atoms with E-state index in [1.54, 1.807) is 0 Å². The maximum atomic E-state index is 9.20. The third-order valence-corrected chi connectivity index (χ3v) is 1.35. The van der Waals surface area contributed by atoms with E-state index in [2.05, 4.69) is 9.97 Å². The topological polar surface area (TPSA) is 110 Å². The summed E-state index contributed by atoms with van der Waals surface area (Å²) in [6.45, 7) is 0. The van der Waals surface area contributed by atoms with Crippen LogP contribution in [-0.2, 0) is 0 Å². The standard InChI is InChI=1S/C7H7N3O3/c8-1-5(12)6(13)7-9-2-4(11)3-10-7/h2-3,5-6,11-13H. The molecule has 0 saturated carbocycles. The molecule has 1 aromatic heterocycles. The van der Waals surface area contributed by atoms with Crippen LogP contribution in [0.5, 0.6) is 5.75 Å². The Morgan fingerprint density at radius 3 is 2.31 bits per heavy atom. The highest BCUT2D eigenvalue weighted by Gasteiger charge is 2.19. The smallest absolute Gasteiger partial charge is 0.173 e. The fourth-order valence-corrected chi connectivity index (χ4v) is 0.696. The van der Waals surface area contributed by atoms with Gasteiger partial charge in [0.1, 0.15) is 0 Å². The van der Waals surface area contributed by atoms with Gasteiger partial charge in [0, 0.05) is 0 Å². The van der Waals surface area contributed by atoms with E-state index in [0.717, 1.165) is 12.4 Å². The molecule has 0 saturated heterocycles. The molecule has 2 atom stereocenters. The van der Waals surface area contributed by atoms with Crippen molar-refractivity contribution in [3.8, 4) is 11.8 Å². The van der Waals surface area contributed by atoms with Gasteiger partial charge in [0.2, 0.25) is 0 Å². The zero-order valence-electron chi connectivity index (χ0n) is 6.49. The molecule has 68 valence electrons. The lowest BCUT2D eigenvalue weighted by Crippen LogP contribution is -2.18.